The summed E-state index contributed by atoms with van der Waals surface area (Å²) < 4.78 is 65.7. The Morgan fingerprint density at radius 3 is 2.24 bits per heavy atom. The molecule has 118 valence electrons. The van der Waals surface area contributed by atoms with Crippen LogP contribution in [0.3, 0.4) is 0 Å². The quantitative estimate of drug-likeness (QED) is 0.687. The van der Waals surface area contributed by atoms with Crippen LogP contribution in [0.5, 0.6) is 0 Å². The third-order valence-corrected chi connectivity index (χ3v) is 5.62. The minimum atomic E-state index is -6.00. The van der Waals surface area contributed by atoms with Gasteiger partial charge >= 0.3 is 7.25 Å². The summed E-state index contributed by atoms with van der Waals surface area (Å²) in [7, 11) is -7.84. The second kappa shape index (κ2) is 6.71. The average molecular weight is 344 g/mol. The van der Waals surface area contributed by atoms with Gasteiger partial charge in [-0.1, -0.05) is 23.5 Å². The molecule has 0 fully saturated rings. The fourth-order valence-electron chi connectivity index (χ4n) is 1.44. The average Bonchev–Trinajstić information content (AvgIpc) is 2.79. The molecule has 21 heavy (non-hydrogen) atoms. The minimum absolute atomic E-state index is 0.560. The summed E-state index contributed by atoms with van der Waals surface area (Å²) in [5, 5.41) is 0.186. The van der Waals surface area contributed by atoms with Crippen LogP contribution in [0, 0.1) is 0 Å². The van der Waals surface area contributed by atoms with E-state index < -0.39 is 22.5 Å². The molecule has 0 bridgehead atoms. The molecule has 4 nitrogen and oxygen atoms in total. The van der Waals surface area contributed by atoms with Gasteiger partial charge in [-0.05, 0) is 20.0 Å². The first kappa shape index (κ1) is 17.9. The molecule has 1 unspecified atom stereocenters. The molecule has 1 aromatic heterocycles. The number of hydrogen-bond donors (Lipinski definition) is 1. The summed E-state index contributed by atoms with van der Waals surface area (Å²) in [6.07, 6.45) is 0. The Bertz CT molecular complexity index is 663. The molecule has 0 saturated heterocycles. The zero-order valence-electron chi connectivity index (χ0n) is 11.1. The van der Waals surface area contributed by atoms with Gasteiger partial charge in [-0.25, -0.2) is 13.1 Å². The van der Waals surface area contributed by atoms with E-state index in [1.165, 1.54) is 18.4 Å². The minimum Gasteiger partial charge on any atom is -0.418 e. The van der Waals surface area contributed by atoms with E-state index in [2.05, 4.69) is 9.71 Å². The van der Waals surface area contributed by atoms with Crippen molar-refractivity contribution in [1.82, 2.24) is 4.72 Å². The molecule has 2 rings (SSSR count). The van der Waals surface area contributed by atoms with Crippen LogP contribution in [0.4, 0.5) is 17.3 Å². The molecule has 0 radical (unpaired) electrons. The number of benzene rings is 1. The fourth-order valence-corrected chi connectivity index (χ4v) is 3.60. The van der Waals surface area contributed by atoms with Gasteiger partial charge in [0.2, 0.25) is 15.5 Å². The molecule has 0 aliphatic heterocycles. The van der Waals surface area contributed by atoms with Crippen LogP contribution in [0.25, 0.3) is 10.2 Å². The van der Waals surface area contributed by atoms with E-state index in [1.54, 1.807) is 6.92 Å². The Balaban J connectivity index is 0.000000383. The van der Waals surface area contributed by atoms with Crippen molar-refractivity contribution in [1.29, 1.82) is 0 Å². The first-order valence-corrected chi connectivity index (χ1v) is 8.11. The van der Waals surface area contributed by atoms with Crippen molar-refractivity contribution in [2.24, 2.45) is 0 Å². The topological polar surface area (TPSA) is 60.3 Å². The fraction of sp³-hybridized carbons (Fsp3) is 0.300. The highest BCUT2D eigenvalue weighted by Gasteiger charge is 2.28. The molecule has 0 aliphatic rings. The van der Waals surface area contributed by atoms with Crippen LogP contribution in [0.15, 0.2) is 24.3 Å². The maximum absolute atomic E-state index is 11.7. The van der Waals surface area contributed by atoms with Gasteiger partial charge in [0, 0.05) is 6.07 Å². The lowest BCUT2D eigenvalue weighted by atomic mass is 10.3. The van der Waals surface area contributed by atoms with Crippen molar-refractivity contribution in [2.75, 3.05) is 7.05 Å². The van der Waals surface area contributed by atoms with Crippen LogP contribution in [-0.4, -0.2) is 22.7 Å². The Labute approximate surface area is 123 Å². The van der Waals surface area contributed by atoms with E-state index in [4.69, 9.17) is 0 Å². The lowest BCUT2D eigenvalue weighted by Crippen LogP contribution is -2.26. The second-order valence-corrected chi connectivity index (χ2v) is 7.26. The number of H-pyrrole nitrogens is 1. The molecule has 1 atom stereocenters. The first-order valence-electron chi connectivity index (χ1n) is 5.75. The van der Waals surface area contributed by atoms with Crippen LogP contribution in [0.1, 0.15) is 17.2 Å². The number of fused-ring (bicyclic) bond motifs is 1. The summed E-state index contributed by atoms with van der Waals surface area (Å²) in [6.45, 7) is 1.67. The van der Waals surface area contributed by atoms with E-state index in [9.17, 15) is 25.7 Å². The molecular formula is C10H13BF4N2O2S2. The van der Waals surface area contributed by atoms with Crippen molar-refractivity contribution in [2.45, 2.75) is 12.2 Å². The van der Waals surface area contributed by atoms with E-state index >= 15 is 0 Å². The van der Waals surface area contributed by atoms with Gasteiger partial charge in [-0.15, -0.1) is 0 Å². The van der Waals surface area contributed by atoms with E-state index in [-0.39, 0.29) is 0 Å². The van der Waals surface area contributed by atoms with Crippen molar-refractivity contribution in [3.63, 3.8) is 0 Å². The lowest BCUT2D eigenvalue weighted by Gasteiger charge is -2.04. The lowest BCUT2D eigenvalue weighted by molar-refractivity contribution is -0.350. The highest BCUT2D eigenvalue weighted by Crippen LogP contribution is 2.26. The molecule has 0 saturated carbocycles. The van der Waals surface area contributed by atoms with Gasteiger partial charge in [0.1, 0.15) is 4.70 Å². The Morgan fingerprint density at radius 2 is 1.76 bits per heavy atom. The van der Waals surface area contributed by atoms with Crippen LogP contribution >= 0.6 is 11.3 Å². The third kappa shape index (κ3) is 5.60. The van der Waals surface area contributed by atoms with Crippen molar-refractivity contribution in [3.8, 4) is 0 Å². The van der Waals surface area contributed by atoms with Crippen LogP contribution in [-0.2, 0) is 10.0 Å². The first-order chi connectivity index (χ1) is 9.54. The second-order valence-electron chi connectivity index (χ2n) is 3.97. The Hall–Kier alpha value is -1.20. The monoisotopic (exact) mass is 344 g/mol. The third-order valence-electron chi connectivity index (χ3n) is 2.48. The number of aromatic nitrogens is 1. The molecule has 2 N–H and O–H groups in total. The number of rotatable bonds is 3. The molecule has 1 aromatic carbocycles. The molecule has 1 heterocycles. The standard InChI is InChI=1S/C10H12N2O2S2.BF4/c1-7(16(13,14)11-2)10-12-8-5-3-4-6-9(8)15-10;2-1(3,4)5/h3-7,11H,1-2H3;/q;-1/p+1. The predicted octanol–water partition coefficient (Wildman–Crippen LogP) is 2.63. The molecule has 0 amide bonds. The van der Waals surface area contributed by atoms with Gasteiger partial charge in [0.15, 0.2) is 5.25 Å². The van der Waals surface area contributed by atoms with Gasteiger partial charge in [0.05, 0.1) is 0 Å². The number of thiazole rings is 1. The maximum atomic E-state index is 11.7. The molecule has 0 spiro atoms. The summed E-state index contributed by atoms with van der Waals surface area (Å²) in [5.41, 5.74) is 0.973. The maximum Gasteiger partial charge on any atom is 0.673 e. The van der Waals surface area contributed by atoms with Crippen molar-refractivity contribution >= 4 is 38.8 Å². The molecule has 0 aliphatic carbocycles. The summed E-state index contributed by atoms with van der Waals surface area (Å²) in [5.74, 6) is 0. The summed E-state index contributed by atoms with van der Waals surface area (Å²) in [6, 6.07) is 7.77. The molecule has 11 heteroatoms. The smallest absolute Gasteiger partial charge is 0.418 e. The zero-order chi connectivity index (χ0) is 16.3. The highest BCUT2D eigenvalue weighted by atomic mass is 32.2. The number of para-hydroxylation sites is 1. The van der Waals surface area contributed by atoms with E-state index in [0.717, 1.165) is 15.2 Å². The number of nitrogens with one attached hydrogen (secondary N) is 2. The number of aromatic amines is 1. The summed E-state index contributed by atoms with van der Waals surface area (Å²) in [4.78, 5) is 3.14. The number of sulfonamides is 1. The normalized spacial score (nSPS) is 13.6. The molecular weight excluding hydrogens is 331 g/mol. The number of halogens is 4. The Kier molecular flexibility index (Phi) is 5.71. The van der Waals surface area contributed by atoms with Gasteiger partial charge in [-0.2, -0.15) is 4.98 Å². The van der Waals surface area contributed by atoms with E-state index in [0.29, 0.717) is 0 Å². The van der Waals surface area contributed by atoms with Gasteiger partial charge in [-0.3, -0.25) is 0 Å². The highest BCUT2D eigenvalue weighted by molar-refractivity contribution is 7.89. The van der Waals surface area contributed by atoms with Gasteiger partial charge in [0.25, 0.3) is 5.01 Å². The van der Waals surface area contributed by atoms with Crippen LogP contribution < -0.4 is 9.71 Å². The van der Waals surface area contributed by atoms with Crippen molar-refractivity contribution < 1.29 is 30.7 Å². The predicted molar refractivity (Wildman–Crippen MR) is 75.0 cm³/mol. The van der Waals surface area contributed by atoms with Crippen LogP contribution in [0.2, 0.25) is 0 Å². The van der Waals surface area contributed by atoms with E-state index in [1.807, 2.05) is 24.3 Å². The van der Waals surface area contributed by atoms with Crippen molar-refractivity contribution in [3.05, 3.63) is 29.3 Å². The Morgan fingerprint density at radius 1 is 1.24 bits per heavy atom. The summed E-state index contributed by atoms with van der Waals surface area (Å²) >= 11 is 1.47. The van der Waals surface area contributed by atoms with Gasteiger partial charge < -0.3 is 17.3 Å². The SMILES string of the molecule is CNS(=O)(=O)C(C)c1[nH+]c2ccccc2s1.F[B-](F)(F)F. The zero-order valence-corrected chi connectivity index (χ0v) is 12.7. The number of hydrogen-bond acceptors (Lipinski definition) is 3. The molecule has 2 aromatic rings. The largest absolute Gasteiger partial charge is 0.673 e.